The Bertz CT molecular complexity index is 674. The number of amides is 1. The van der Waals surface area contributed by atoms with Crippen LogP contribution < -0.4 is 0 Å². The van der Waals surface area contributed by atoms with Gasteiger partial charge in [0, 0.05) is 32.3 Å². The molecule has 1 aliphatic rings. The van der Waals surface area contributed by atoms with E-state index in [1.807, 2.05) is 35.6 Å². The van der Waals surface area contributed by atoms with Crippen LogP contribution in [0, 0.1) is 19.8 Å². The lowest BCUT2D eigenvalue weighted by atomic mass is 10.1. The molecular formula is C16H21N3O3. The number of rotatable bonds is 3. The molecule has 0 bridgehead atoms. The fraction of sp³-hybridized carbons (Fsp3) is 0.500. The summed E-state index contributed by atoms with van der Waals surface area (Å²) >= 11 is 0. The first-order valence-corrected chi connectivity index (χ1v) is 7.44. The van der Waals surface area contributed by atoms with Gasteiger partial charge in [-0.3, -0.25) is 9.48 Å². The predicted molar refractivity (Wildman–Crippen MR) is 80.5 cm³/mol. The highest BCUT2D eigenvalue weighted by Crippen LogP contribution is 2.21. The highest BCUT2D eigenvalue weighted by molar-refractivity contribution is 5.95. The Hall–Kier alpha value is -2.08. The minimum atomic E-state index is 0.00473. The zero-order chi connectivity index (χ0) is 15.7. The molecule has 2 aromatic heterocycles. The summed E-state index contributed by atoms with van der Waals surface area (Å²) in [4.78, 5) is 14.7. The van der Waals surface area contributed by atoms with Crippen LogP contribution in [0.25, 0.3) is 0 Å². The molecule has 3 rings (SSSR count). The van der Waals surface area contributed by atoms with E-state index in [1.165, 1.54) is 0 Å². The Labute approximate surface area is 129 Å². The van der Waals surface area contributed by atoms with E-state index < -0.39 is 0 Å². The lowest BCUT2D eigenvalue weighted by Crippen LogP contribution is -2.35. The number of nitrogens with zero attached hydrogens (tertiary/aromatic N) is 3. The molecule has 1 unspecified atom stereocenters. The molecule has 0 aliphatic carbocycles. The molecule has 0 radical (unpaired) electrons. The number of fused-ring (bicyclic) bond motifs is 1. The van der Waals surface area contributed by atoms with Gasteiger partial charge in [0.15, 0.2) is 0 Å². The van der Waals surface area contributed by atoms with Crippen molar-refractivity contribution in [1.29, 1.82) is 0 Å². The summed E-state index contributed by atoms with van der Waals surface area (Å²) < 4.78 is 12.8. The fourth-order valence-electron chi connectivity index (χ4n) is 3.04. The Morgan fingerprint density at radius 1 is 1.45 bits per heavy atom. The largest absolute Gasteiger partial charge is 0.466 e. The smallest absolute Gasteiger partial charge is 0.257 e. The standard InChI is InChI=1S/C16H21N3O3/c1-11-6-15(12(2)22-11)16(20)18-7-13(10-21-3)8-19-14(9-18)4-5-17-19/h4-6,13H,7-10H2,1-3H3. The van der Waals surface area contributed by atoms with Gasteiger partial charge in [-0.2, -0.15) is 5.10 Å². The topological polar surface area (TPSA) is 60.5 Å². The average Bonchev–Trinajstić information content (AvgIpc) is 2.99. The first-order chi connectivity index (χ1) is 10.6. The number of hydrogen-bond acceptors (Lipinski definition) is 4. The third kappa shape index (κ3) is 2.78. The molecule has 2 aromatic rings. The summed E-state index contributed by atoms with van der Waals surface area (Å²) in [6, 6.07) is 3.77. The van der Waals surface area contributed by atoms with E-state index in [1.54, 1.807) is 13.3 Å². The van der Waals surface area contributed by atoms with E-state index in [0.29, 0.717) is 31.0 Å². The van der Waals surface area contributed by atoms with Gasteiger partial charge in [-0.05, 0) is 26.0 Å². The molecule has 0 N–H and O–H groups in total. The first-order valence-electron chi connectivity index (χ1n) is 7.44. The Morgan fingerprint density at radius 3 is 2.95 bits per heavy atom. The quantitative estimate of drug-likeness (QED) is 0.870. The Balaban J connectivity index is 1.88. The van der Waals surface area contributed by atoms with Crippen LogP contribution in [-0.4, -0.2) is 40.8 Å². The number of aryl methyl sites for hydroxylation is 2. The van der Waals surface area contributed by atoms with Crippen LogP contribution in [0.15, 0.2) is 22.7 Å². The third-order valence-electron chi connectivity index (χ3n) is 4.03. The first kappa shape index (κ1) is 14.8. The van der Waals surface area contributed by atoms with Crippen molar-refractivity contribution < 1.29 is 13.9 Å². The number of methoxy groups -OCH3 is 1. The normalized spacial score (nSPS) is 18.1. The van der Waals surface area contributed by atoms with E-state index in [2.05, 4.69) is 5.10 Å². The Morgan fingerprint density at radius 2 is 2.27 bits per heavy atom. The van der Waals surface area contributed by atoms with Gasteiger partial charge in [0.2, 0.25) is 0 Å². The molecule has 0 aromatic carbocycles. The van der Waals surface area contributed by atoms with E-state index in [-0.39, 0.29) is 11.8 Å². The van der Waals surface area contributed by atoms with Gasteiger partial charge >= 0.3 is 0 Å². The van der Waals surface area contributed by atoms with Gasteiger partial charge in [0.05, 0.1) is 24.4 Å². The minimum absolute atomic E-state index is 0.00473. The average molecular weight is 303 g/mol. The molecule has 3 heterocycles. The van der Waals surface area contributed by atoms with Crippen molar-refractivity contribution in [2.24, 2.45) is 5.92 Å². The van der Waals surface area contributed by atoms with Crippen molar-refractivity contribution >= 4 is 5.91 Å². The number of ether oxygens (including phenoxy) is 1. The van der Waals surface area contributed by atoms with E-state index in [0.717, 1.165) is 18.0 Å². The SMILES string of the molecule is COCC1CN(C(=O)c2cc(C)oc2C)Cc2ccnn2C1. The maximum atomic E-state index is 12.9. The highest BCUT2D eigenvalue weighted by atomic mass is 16.5. The van der Waals surface area contributed by atoms with Crippen LogP contribution in [0.3, 0.4) is 0 Å². The number of furan rings is 1. The molecular weight excluding hydrogens is 282 g/mol. The van der Waals surface area contributed by atoms with E-state index >= 15 is 0 Å². The van der Waals surface area contributed by atoms with Crippen LogP contribution >= 0.6 is 0 Å². The van der Waals surface area contributed by atoms with Gasteiger partial charge in [0.25, 0.3) is 5.91 Å². The monoisotopic (exact) mass is 303 g/mol. The van der Waals surface area contributed by atoms with Crippen molar-refractivity contribution in [2.75, 3.05) is 20.3 Å². The summed E-state index contributed by atoms with van der Waals surface area (Å²) in [7, 11) is 1.69. The number of carbonyl (C=O) groups excluding carboxylic acids is 1. The van der Waals surface area contributed by atoms with Crippen molar-refractivity contribution in [3.05, 3.63) is 41.1 Å². The lowest BCUT2D eigenvalue weighted by molar-refractivity contribution is 0.0664. The van der Waals surface area contributed by atoms with E-state index in [9.17, 15) is 4.79 Å². The summed E-state index contributed by atoms with van der Waals surface area (Å²) in [5.74, 6) is 1.66. The van der Waals surface area contributed by atoms with Crippen molar-refractivity contribution in [2.45, 2.75) is 26.9 Å². The van der Waals surface area contributed by atoms with Crippen LogP contribution in [0.5, 0.6) is 0 Å². The van der Waals surface area contributed by atoms with Gasteiger partial charge in [0.1, 0.15) is 11.5 Å². The molecule has 6 heteroatoms. The predicted octanol–water partition coefficient (Wildman–Crippen LogP) is 2.01. The van der Waals surface area contributed by atoms with Crippen LogP contribution in [-0.2, 0) is 17.8 Å². The maximum absolute atomic E-state index is 12.9. The molecule has 0 saturated carbocycles. The maximum Gasteiger partial charge on any atom is 0.257 e. The molecule has 118 valence electrons. The van der Waals surface area contributed by atoms with Gasteiger partial charge in [-0.25, -0.2) is 0 Å². The molecule has 0 saturated heterocycles. The Kier molecular flexibility index (Phi) is 4.02. The van der Waals surface area contributed by atoms with Crippen LogP contribution in [0.2, 0.25) is 0 Å². The summed E-state index contributed by atoms with van der Waals surface area (Å²) in [6.07, 6.45) is 1.78. The molecule has 0 spiro atoms. The number of hydrogen-bond donors (Lipinski definition) is 0. The molecule has 1 atom stereocenters. The van der Waals surface area contributed by atoms with Crippen LogP contribution in [0.1, 0.15) is 27.6 Å². The molecule has 1 aliphatic heterocycles. The molecule has 22 heavy (non-hydrogen) atoms. The lowest BCUT2D eigenvalue weighted by Gasteiger charge is -2.23. The van der Waals surface area contributed by atoms with Crippen molar-refractivity contribution in [1.82, 2.24) is 14.7 Å². The molecule has 6 nitrogen and oxygen atoms in total. The minimum Gasteiger partial charge on any atom is -0.466 e. The third-order valence-corrected chi connectivity index (χ3v) is 4.03. The zero-order valence-corrected chi connectivity index (χ0v) is 13.2. The second kappa shape index (κ2) is 5.96. The van der Waals surface area contributed by atoms with Crippen molar-refractivity contribution in [3.8, 4) is 0 Å². The van der Waals surface area contributed by atoms with Gasteiger partial charge in [-0.15, -0.1) is 0 Å². The highest BCUT2D eigenvalue weighted by Gasteiger charge is 2.28. The summed E-state index contributed by atoms with van der Waals surface area (Å²) in [6.45, 7) is 6.27. The van der Waals surface area contributed by atoms with E-state index in [4.69, 9.17) is 9.15 Å². The van der Waals surface area contributed by atoms with Crippen molar-refractivity contribution in [3.63, 3.8) is 0 Å². The second-order valence-electron chi connectivity index (χ2n) is 5.84. The van der Waals surface area contributed by atoms with Crippen LogP contribution in [0.4, 0.5) is 0 Å². The fourth-order valence-corrected chi connectivity index (χ4v) is 3.04. The number of carbonyl (C=O) groups is 1. The van der Waals surface area contributed by atoms with Gasteiger partial charge in [-0.1, -0.05) is 0 Å². The number of aromatic nitrogens is 2. The van der Waals surface area contributed by atoms with Gasteiger partial charge < -0.3 is 14.1 Å². The molecule has 1 amide bonds. The molecule has 0 fully saturated rings. The second-order valence-corrected chi connectivity index (χ2v) is 5.84. The summed E-state index contributed by atoms with van der Waals surface area (Å²) in [5, 5.41) is 4.34. The zero-order valence-electron chi connectivity index (χ0n) is 13.2. The summed E-state index contributed by atoms with van der Waals surface area (Å²) in [5.41, 5.74) is 1.69.